The molecule has 0 aromatic heterocycles. The van der Waals surface area contributed by atoms with Gasteiger partial charge in [0.2, 0.25) is 5.91 Å². The molecule has 0 unspecified atom stereocenters. The van der Waals surface area contributed by atoms with Gasteiger partial charge >= 0.3 is 5.97 Å². The van der Waals surface area contributed by atoms with E-state index in [1.807, 2.05) is 0 Å². The largest absolute Gasteiger partial charge is 0.481 e. The number of hydrogen-bond acceptors (Lipinski definition) is 4. The van der Waals surface area contributed by atoms with Gasteiger partial charge in [0.1, 0.15) is 9.84 Å². The number of carboxylic acid groups (broad SMARTS) is 1. The van der Waals surface area contributed by atoms with Crippen molar-refractivity contribution >= 4 is 21.7 Å². The topological polar surface area (TPSA) is 91.8 Å². The lowest BCUT2D eigenvalue weighted by Crippen LogP contribution is -2.40. The molecule has 1 N–H and O–H groups in total. The molecule has 1 aliphatic rings. The summed E-state index contributed by atoms with van der Waals surface area (Å²) >= 11 is 0. The molecule has 0 saturated heterocycles. The third kappa shape index (κ3) is 4.77. The van der Waals surface area contributed by atoms with Crippen LogP contribution in [0.2, 0.25) is 0 Å². The highest BCUT2D eigenvalue weighted by molar-refractivity contribution is 7.90. The van der Waals surface area contributed by atoms with Gasteiger partial charge < -0.3 is 10.0 Å². The maximum absolute atomic E-state index is 12.1. The van der Waals surface area contributed by atoms with Crippen LogP contribution in [-0.2, 0) is 19.4 Å². The van der Waals surface area contributed by atoms with E-state index in [2.05, 4.69) is 0 Å². The number of aliphatic carboxylic acids is 1. The second-order valence-corrected chi connectivity index (χ2v) is 8.03. The first-order chi connectivity index (χ1) is 9.16. The van der Waals surface area contributed by atoms with Crippen molar-refractivity contribution in [1.82, 2.24) is 4.90 Å². The zero-order valence-corrected chi connectivity index (χ0v) is 12.9. The molecule has 20 heavy (non-hydrogen) atoms. The Hall–Kier alpha value is -1.11. The molecule has 116 valence electrons. The number of sulfone groups is 1. The van der Waals surface area contributed by atoms with Gasteiger partial charge in [0.25, 0.3) is 0 Å². The van der Waals surface area contributed by atoms with E-state index < -0.39 is 21.2 Å². The number of carbonyl (C=O) groups is 2. The lowest BCUT2D eigenvalue weighted by atomic mass is 9.71. The van der Waals surface area contributed by atoms with Gasteiger partial charge in [-0.3, -0.25) is 9.59 Å². The molecule has 0 aliphatic heterocycles. The van der Waals surface area contributed by atoms with Gasteiger partial charge in [-0.1, -0.05) is 19.3 Å². The first-order valence-corrected chi connectivity index (χ1v) is 8.87. The van der Waals surface area contributed by atoms with Crippen molar-refractivity contribution in [2.24, 2.45) is 5.41 Å². The van der Waals surface area contributed by atoms with Crippen molar-refractivity contribution in [3.8, 4) is 0 Å². The predicted molar refractivity (Wildman–Crippen MR) is 75.1 cm³/mol. The summed E-state index contributed by atoms with van der Waals surface area (Å²) in [5.41, 5.74) is -0.964. The van der Waals surface area contributed by atoms with Crippen LogP contribution in [0, 0.1) is 5.41 Å². The van der Waals surface area contributed by atoms with Crippen LogP contribution >= 0.6 is 0 Å². The van der Waals surface area contributed by atoms with Crippen molar-refractivity contribution in [3.63, 3.8) is 0 Å². The molecule has 7 heteroatoms. The minimum Gasteiger partial charge on any atom is -0.481 e. The van der Waals surface area contributed by atoms with Crippen LogP contribution in [0.3, 0.4) is 0 Å². The number of amides is 1. The maximum atomic E-state index is 12.1. The van der Waals surface area contributed by atoms with E-state index in [9.17, 15) is 23.1 Å². The summed E-state index contributed by atoms with van der Waals surface area (Å²) in [5.74, 6) is -1.31. The monoisotopic (exact) mass is 305 g/mol. The Balaban J connectivity index is 2.64. The summed E-state index contributed by atoms with van der Waals surface area (Å²) in [5, 5.41) is 9.41. The molecule has 0 spiro atoms. The summed E-state index contributed by atoms with van der Waals surface area (Å²) in [4.78, 5) is 24.9. The third-order valence-electron chi connectivity index (χ3n) is 3.98. The highest BCUT2D eigenvalue weighted by Crippen LogP contribution is 2.39. The van der Waals surface area contributed by atoms with Crippen molar-refractivity contribution in [3.05, 3.63) is 0 Å². The van der Waals surface area contributed by atoms with Gasteiger partial charge in [0.05, 0.1) is 11.2 Å². The molecule has 1 aliphatic carbocycles. The average molecular weight is 305 g/mol. The van der Waals surface area contributed by atoms with E-state index in [4.69, 9.17) is 0 Å². The number of carboxylic acids is 1. The molecule has 0 atom stereocenters. The molecule has 1 rings (SSSR count). The maximum Gasteiger partial charge on any atom is 0.310 e. The zero-order valence-electron chi connectivity index (χ0n) is 12.1. The number of nitrogens with zero attached hydrogens (tertiary/aromatic N) is 1. The van der Waals surface area contributed by atoms with E-state index in [0.29, 0.717) is 12.8 Å². The lowest BCUT2D eigenvalue weighted by molar-refractivity contribution is -0.155. The first-order valence-electron chi connectivity index (χ1n) is 6.81. The van der Waals surface area contributed by atoms with E-state index >= 15 is 0 Å². The van der Waals surface area contributed by atoms with Crippen molar-refractivity contribution < 1.29 is 23.1 Å². The molecule has 0 aromatic carbocycles. The Labute approximate surface area is 120 Å². The standard InChI is InChI=1S/C13H23NO5S/c1-14(8-9-20(2,18)19)11(15)10-13(12(16)17)6-4-3-5-7-13/h3-10H2,1-2H3,(H,16,17). The normalized spacial score (nSPS) is 18.5. The summed E-state index contributed by atoms with van der Waals surface area (Å²) in [6, 6.07) is 0. The van der Waals surface area contributed by atoms with Crippen LogP contribution in [0.5, 0.6) is 0 Å². The molecule has 1 amide bonds. The minimum atomic E-state index is -3.13. The molecule has 0 radical (unpaired) electrons. The van der Waals surface area contributed by atoms with Crippen LogP contribution in [0.1, 0.15) is 38.5 Å². The van der Waals surface area contributed by atoms with Gasteiger partial charge in [-0.25, -0.2) is 8.42 Å². The quantitative estimate of drug-likeness (QED) is 0.787. The fourth-order valence-corrected chi connectivity index (χ4v) is 3.15. The van der Waals surface area contributed by atoms with Crippen LogP contribution in [0.4, 0.5) is 0 Å². The van der Waals surface area contributed by atoms with Crippen LogP contribution in [-0.4, -0.2) is 55.9 Å². The highest BCUT2D eigenvalue weighted by Gasteiger charge is 2.41. The smallest absolute Gasteiger partial charge is 0.310 e. The zero-order chi connectivity index (χ0) is 15.4. The average Bonchev–Trinajstić information content (AvgIpc) is 2.35. The fourth-order valence-electron chi connectivity index (χ4n) is 2.55. The molecule has 1 fully saturated rings. The third-order valence-corrected chi connectivity index (χ3v) is 4.90. The predicted octanol–water partition coefficient (Wildman–Crippen LogP) is 0.915. The van der Waals surface area contributed by atoms with E-state index in [1.165, 1.54) is 11.9 Å². The second kappa shape index (κ2) is 6.56. The fraction of sp³-hybridized carbons (Fsp3) is 0.846. The Kier molecular flexibility index (Phi) is 5.56. The molecule has 0 heterocycles. The Morgan fingerprint density at radius 2 is 1.75 bits per heavy atom. The Morgan fingerprint density at radius 1 is 1.20 bits per heavy atom. The van der Waals surface area contributed by atoms with Gasteiger partial charge in [0.15, 0.2) is 0 Å². The van der Waals surface area contributed by atoms with Gasteiger partial charge in [-0.2, -0.15) is 0 Å². The molecule has 0 bridgehead atoms. The second-order valence-electron chi connectivity index (χ2n) is 5.77. The van der Waals surface area contributed by atoms with Crippen molar-refractivity contribution in [2.45, 2.75) is 38.5 Å². The van der Waals surface area contributed by atoms with Crippen molar-refractivity contribution in [2.75, 3.05) is 25.6 Å². The van der Waals surface area contributed by atoms with E-state index in [0.717, 1.165) is 25.5 Å². The molecular weight excluding hydrogens is 282 g/mol. The lowest BCUT2D eigenvalue weighted by Gasteiger charge is -2.33. The number of rotatable bonds is 6. The van der Waals surface area contributed by atoms with Crippen LogP contribution in [0.25, 0.3) is 0 Å². The summed E-state index contributed by atoms with van der Waals surface area (Å²) in [6.07, 6.45) is 4.78. The molecular formula is C13H23NO5S. The summed E-state index contributed by atoms with van der Waals surface area (Å²) in [7, 11) is -1.61. The molecule has 0 aromatic rings. The van der Waals surface area contributed by atoms with Gasteiger partial charge in [-0.05, 0) is 12.8 Å². The summed E-state index contributed by atoms with van der Waals surface area (Å²) < 4.78 is 22.2. The number of hydrogen-bond donors (Lipinski definition) is 1. The Bertz CT molecular complexity index is 465. The summed E-state index contributed by atoms with van der Waals surface area (Å²) in [6.45, 7) is 0.105. The first kappa shape index (κ1) is 16.9. The van der Waals surface area contributed by atoms with Crippen LogP contribution < -0.4 is 0 Å². The van der Waals surface area contributed by atoms with Gasteiger partial charge in [-0.15, -0.1) is 0 Å². The van der Waals surface area contributed by atoms with E-state index in [-0.39, 0.29) is 24.6 Å². The highest BCUT2D eigenvalue weighted by atomic mass is 32.2. The minimum absolute atomic E-state index is 0.0391. The molecule has 6 nitrogen and oxygen atoms in total. The van der Waals surface area contributed by atoms with E-state index in [1.54, 1.807) is 0 Å². The SMILES string of the molecule is CN(CCS(C)(=O)=O)C(=O)CC1(C(=O)O)CCCCC1. The van der Waals surface area contributed by atoms with Gasteiger partial charge in [0, 0.05) is 26.3 Å². The van der Waals surface area contributed by atoms with Crippen LogP contribution in [0.15, 0.2) is 0 Å². The molecule has 1 saturated carbocycles. The Morgan fingerprint density at radius 3 is 2.20 bits per heavy atom. The number of carbonyl (C=O) groups excluding carboxylic acids is 1. The van der Waals surface area contributed by atoms with Crippen molar-refractivity contribution in [1.29, 1.82) is 0 Å².